The Bertz CT molecular complexity index is 340. The van der Waals surface area contributed by atoms with Crippen LogP contribution in [0.4, 0.5) is 0 Å². The van der Waals surface area contributed by atoms with E-state index in [1.165, 1.54) is 12.8 Å². The fraction of sp³-hybridized carbons (Fsp3) is 0.429. The maximum Gasteiger partial charge on any atom is 0.0998 e. The molecule has 1 N–H and O–H groups in total. The molecule has 1 aromatic rings. The van der Waals surface area contributed by atoms with Crippen molar-refractivity contribution in [2.75, 3.05) is 0 Å². The summed E-state index contributed by atoms with van der Waals surface area (Å²) < 4.78 is 0. The van der Waals surface area contributed by atoms with Gasteiger partial charge in [0.2, 0.25) is 0 Å². The van der Waals surface area contributed by atoms with Gasteiger partial charge in [0.25, 0.3) is 0 Å². The quantitative estimate of drug-likeness (QED) is 0.591. The maximum absolute atomic E-state index is 10.1. The minimum absolute atomic E-state index is 0.505. The van der Waals surface area contributed by atoms with Crippen molar-refractivity contribution in [3.63, 3.8) is 0 Å². The van der Waals surface area contributed by atoms with Crippen molar-refractivity contribution in [2.45, 2.75) is 39.2 Å². The summed E-state index contributed by atoms with van der Waals surface area (Å²) in [6.07, 6.45) is 5.00. The van der Waals surface area contributed by atoms with Crippen LogP contribution in [0.5, 0.6) is 0 Å². The van der Waals surface area contributed by atoms with Crippen LogP contribution in [0, 0.1) is 0 Å². The van der Waals surface area contributed by atoms with E-state index in [1.54, 1.807) is 12.1 Å². The predicted molar refractivity (Wildman–Crippen MR) is 69.7 cm³/mol. The summed E-state index contributed by atoms with van der Waals surface area (Å²) in [4.78, 5) is 0. The van der Waals surface area contributed by atoms with Crippen molar-refractivity contribution in [3.05, 3.63) is 46.5 Å². The van der Waals surface area contributed by atoms with E-state index in [0.29, 0.717) is 5.02 Å². The standard InChI is InChI=1S/C14H19ClO/c1-3-4-5-6-11(2)14(16)12-7-9-13(15)10-8-12/h6-10,14,16H,3-5H2,1-2H3/b11-6-. The van der Waals surface area contributed by atoms with Gasteiger partial charge in [0.1, 0.15) is 0 Å². The third-order valence-electron chi connectivity index (χ3n) is 2.64. The number of allylic oxidation sites excluding steroid dienone is 1. The van der Waals surface area contributed by atoms with E-state index in [9.17, 15) is 5.11 Å². The lowest BCUT2D eigenvalue weighted by Crippen LogP contribution is -1.98. The zero-order valence-corrected chi connectivity index (χ0v) is 10.7. The lowest BCUT2D eigenvalue weighted by atomic mass is 10.0. The van der Waals surface area contributed by atoms with E-state index in [4.69, 9.17) is 11.6 Å². The Balaban J connectivity index is 2.66. The summed E-state index contributed by atoms with van der Waals surface area (Å²) in [5, 5.41) is 10.8. The van der Waals surface area contributed by atoms with E-state index >= 15 is 0 Å². The smallest absolute Gasteiger partial charge is 0.0998 e. The molecular formula is C14H19ClO. The van der Waals surface area contributed by atoms with Crippen LogP contribution in [0.25, 0.3) is 0 Å². The van der Waals surface area contributed by atoms with E-state index in [2.05, 4.69) is 13.0 Å². The molecule has 0 aromatic heterocycles. The van der Waals surface area contributed by atoms with Gasteiger partial charge in [-0.05, 0) is 36.6 Å². The van der Waals surface area contributed by atoms with Gasteiger partial charge in [-0.1, -0.05) is 49.6 Å². The summed E-state index contributed by atoms with van der Waals surface area (Å²) >= 11 is 5.80. The first kappa shape index (κ1) is 13.3. The Morgan fingerprint density at radius 3 is 2.56 bits per heavy atom. The molecule has 0 radical (unpaired) electrons. The summed E-state index contributed by atoms with van der Waals surface area (Å²) in [5.74, 6) is 0. The van der Waals surface area contributed by atoms with Crippen LogP contribution in [0.1, 0.15) is 44.8 Å². The third-order valence-corrected chi connectivity index (χ3v) is 2.89. The van der Waals surface area contributed by atoms with Crippen LogP contribution in [-0.2, 0) is 0 Å². The van der Waals surface area contributed by atoms with Crippen molar-refractivity contribution in [1.29, 1.82) is 0 Å². The van der Waals surface area contributed by atoms with Gasteiger partial charge in [0.15, 0.2) is 0 Å². The fourth-order valence-electron chi connectivity index (χ4n) is 1.55. The molecule has 0 aliphatic heterocycles. The van der Waals surface area contributed by atoms with Crippen LogP contribution < -0.4 is 0 Å². The molecule has 16 heavy (non-hydrogen) atoms. The summed E-state index contributed by atoms with van der Waals surface area (Å²) in [6, 6.07) is 7.34. The van der Waals surface area contributed by atoms with Gasteiger partial charge in [-0.2, -0.15) is 0 Å². The van der Waals surface area contributed by atoms with Gasteiger partial charge in [-0.25, -0.2) is 0 Å². The van der Waals surface area contributed by atoms with Gasteiger partial charge < -0.3 is 5.11 Å². The van der Waals surface area contributed by atoms with E-state index in [-0.39, 0.29) is 0 Å². The molecular weight excluding hydrogens is 220 g/mol. The summed E-state index contributed by atoms with van der Waals surface area (Å²) in [6.45, 7) is 4.13. The highest BCUT2D eigenvalue weighted by atomic mass is 35.5. The molecule has 0 aliphatic carbocycles. The van der Waals surface area contributed by atoms with Crippen molar-refractivity contribution in [3.8, 4) is 0 Å². The summed E-state index contributed by atoms with van der Waals surface area (Å²) in [5.41, 5.74) is 1.91. The molecule has 2 heteroatoms. The molecule has 0 saturated carbocycles. The molecule has 0 saturated heterocycles. The number of benzene rings is 1. The molecule has 0 amide bonds. The van der Waals surface area contributed by atoms with E-state index < -0.39 is 6.10 Å². The molecule has 0 spiro atoms. The molecule has 1 unspecified atom stereocenters. The van der Waals surface area contributed by atoms with Crippen LogP contribution in [0.2, 0.25) is 5.02 Å². The number of halogens is 1. The lowest BCUT2D eigenvalue weighted by molar-refractivity contribution is 0.215. The molecule has 1 rings (SSSR count). The molecule has 1 atom stereocenters. The number of hydrogen-bond donors (Lipinski definition) is 1. The SMILES string of the molecule is CCCC/C=C(/C)C(O)c1ccc(Cl)cc1. The molecule has 1 nitrogen and oxygen atoms in total. The minimum atomic E-state index is -0.505. The van der Waals surface area contributed by atoms with E-state index in [1.807, 2.05) is 19.1 Å². The highest BCUT2D eigenvalue weighted by Crippen LogP contribution is 2.23. The van der Waals surface area contributed by atoms with Crippen molar-refractivity contribution >= 4 is 11.6 Å². The van der Waals surface area contributed by atoms with Crippen LogP contribution >= 0.6 is 11.6 Å². The molecule has 0 fully saturated rings. The number of hydrogen-bond acceptors (Lipinski definition) is 1. The Hall–Kier alpha value is -0.790. The molecule has 0 aliphatic rings. The highest BCUT2D eigenvalue weighted by Gasteiger charge is 2.08. The van der Waals surface area contributed by atoms with Crippen LogP contribution in [0.15, 0.2) is 35.9 Å². The van der Waals surface area contributed by atoms with Gasteiger partial charge in [0.05, 0.1) is 6.10 Å². The zero-order chi connectivity index (χ0) is 12.0. The van der Waals surface area contributed by atoms with Crippen molar-refractivity contribution in [1.82, 2.24) is 0 Å². The number of aliphatic hydroxyl groups excluding tert-OH is 1. The molecule has 0 heterocycles. The number of unbranched alkanes of at least 4 members (excludes halogenated alkanes) is 2. The predicted octanol–water partition coefficient (Wildman–Crippen LogP) is 4.51. The van der Waals surface area contributed by atoms with Crippen molar-refractivity contribution in [2.24, 2.45) is 0 Å². The fourth-order valence-corrected chi connectivity index (χ4v) is 1.68. The minimum Gasteiger partial charge on any atom is -0.384 e. The average Bonchev–Trinajstić information content (AvgIpc) is 2.29. The van der Waals surface area contributed by atoms with Gasteiger partial charge in [-0.3, -0.25) is 0 Å². The Labute approximate surface area is 103 Å². The van der Waals surface area contributed by atoms with E-state index in [0.717, 1.165) is 17.6 Å². The van der Waals surface area contributed by atoms with Crippen LogP contribution in [-0.4, -0.2) is 5.11 Å². The first-order chi connectivity index (χ1) is 7.65. The topological polar surface area (TPSA) is 20.2 Å². The normalized spacial score (nSPS) is 13.9. The second-order valence-corrected chi connectivity index (χ2v) is 4.48. The third kappa shape index (κ3) is 3.99. The Morgan fingerprint density at radius 2 is 2.00 bits per heavy atom. The lowest BCUT2D eigenvalue weighted by Gasteiger charge is -2.11. The van der Waals surface area contributed by atoms with Gasteiger partial charge in [-0.15, -0.1) is 0 Å². The first-order valence-corrected chi connectivity index (χ1v) is 6.13. The number of aliphatic hydroxyl groups is 1. The Morgan fingerprint density at radius 1 is 1.38 bits per heavy atom. The first-order valence-electron chi connectivity index (χ1n) is 5.75. The zero-order valence-electron chi connectivity index (χ0n) is 9.91. The van der Waals surface area contributed by atoms with Crippen LogP contribution in [0.3, 0.4) is 0 Å². The molecule has 1 aromatic carbocycles. The van der Waals surface area contributed by atoms with Gasteiger partial charge >= 0.3 is 0 Å². The summed E-state index contributed by atoms with van der Waals surface area (Å²) in [7, 11) is 0. The molecule has 88 valence electrons. The maximum atomic E-state index is 10.1. The second-order valence-electron chi connectivity index (χ2n) is 4.04. The Kier molecular flexibility index (Phi) is 5.58. The molecule has 0 bridgehead atoms. The van der Waals surface area contributed by atoms with Gasteiger partial charge in [0, 0.05) is 5.02 Å². The largest absolute Gasteiger partial charge is 0.384 e. The average molecular weight is 239 g/mol. The second kappa shape index (κ2) is 6.72. The monoisotopic (exact) mass is 238 g/mol. The van der Waals surface area contributed by atoms with Crippen molar-refractivity contribution < 1.29 is 5.11 Å². The highest BCUT2D eigenvalue weighted by molar-refractivity contribution is 6.30. The number of rotatable bonds is 5.